The molecule has 3 atom stereocenters. The molecule has 0 N–H and O–H groups in total. The lowest BCUT2D eigenvalue weighted by Gasteiger charge is -2.44. The topological polar surface area (TPSA) is 52.9 Å². The van der Waals surface area contributed by atoms with Crippen molar-refractivity contribution in [2.45, 2.75) is 24.9 Å². The summed E-state index contributed by atoms with van der Waals surface area (Å²) in [4.78, 5) is 16.0. The molecule has 6 nitrogen and oxygen atoms in total. The highest BCUT2D eigenvalue weighted by Gasteiger charge is 2.54. The van der Waals surface area contributed by atoms with Crippen LogP contribution in [0, 0.1) is 0 Å². The first-order chi connectivity index (χ1) is 14.4. The Bertz CT molecular complexity index is 1050. The number of benzene rings is 2. The van der Waals surface area contributed by atoms with Crippen LogP contribution in [0.15, 0.2) is 72.6 Å². The van der Waals surface area contributed by atoms with Gasteiger partial charge in [-0.2, -0.15) is 0 Å². The van der Waals surface area contributed by atoms with Crippen LogP contribution >= 0.6 is 7.67 Å². The quantitative estimate of drug-likeness (QED) is 0.558. The molecule has 3 unspecified atom stereocenters. The molecule has 0 amide bonds. The number of hydrogen-bond donors (Lipinski definition) is 0. The first kappa shape index (κ1) is 19.4. The highest BCUT2D eigenvalue weighted by Crippen LogP contribution is 2.57. The SMILES string of the molecule is CN1CC(Cc2ccccc2)N2C1=CC1=[N+](C)CC(Cc3ccccc3)N1P2(=O)[O-]. The smallest absolute Gasteiger partial charge is 0.284 e. The van der Waals surface area contributed by atoms with Gasteiger partial charge in [0.2, 0.25) is 0 Å². The predicted molar refractivity (Wildman–Crippen MR) is 116 cm³/mol. The summed E-state index contributed by atoms with van der Waals surface area (Å²) in [5.74, 6) is 1.57. The molecule has 5 rings (SSSR count). The summed E-state index contributed by atoms with van der Waals surface area (Å²) in [6.45, 7) is 1.39. The van der Waals surface area contributed by atoms with Gasteiger partial charge in [0.25, 0.3) is 13.5 Å². The molecule has 2 aromatic carbocycles. The van der Waals surface area contributed by atoms with Crippen LogP contribution in [0.3, 0.4) is 0 Å². The molecule has 30 heavy (non-hydrogen) atoms. The Balaban J connectivity index is 1.50. The Labute approximate surface area is 177 Å². The normalized spacial score (nSPS) is 28.0. The van der Waals surface area contributed by atoms with E-state index in [2.05, 4.69) is 33.7 Å². The zero-order chi connectivity index (χ0) is 20.9. The van der Waals surface area contributed by atoms with E-state index < -0.39 is 7.67 Å². The van der Waals surface area contributed by atoms with Gasteiger partial charge in [-0.15, -0.1) is 0 Å². The van der Waals surface area contributed by atoms with Crippen LogP contribution in [-0.4, -0.2) is 63.9 Å². The van der Waals surface area contributed by atoms with E-state index in [0.717, 1.165) is 22.8 Å². The standard InChI is InChI=1S/C23H27N4O2P/c1-24-16-20(13-18-9-5-3-6-10-18)26-22(24)15-23-25(2)17-21(27(23)30(26,28)29)14-19-11-7-4-8-12-19/h3-12,15,20-21H,13-14,16-17H2,1-2H3. The first-order valence-electron chi connectivity index (χ1n) is 10.4. The van der Waals surface area contributed by atoms with Gasteiger partial charge in [-0.1, -0.05) is 60.7 Å². The molecular weight excluding hydrogens is 395 g/mol. The monoisotopic (exact) mass is 422 g/mol. The summed E-state index contributed by atoms with van der Waals surface area (Å²) in [5.41, 5.74) is 2.32. The van der Waals surface area contributed by atoms with Gasteiger partial charge in [0.15, 0.2) is 0 Å². The van der Waals surface area contributed by atoms with Crippen LogP contribution in [0.25, 0.3) is 0 Å². The largest absolute Gasteiger partial charge is 0.748 e. The number of rotatable bonds is 4. The molecule has 156 valence electrons. The van der Waals surface area contributed by atoms with Gasteiger partial charge in [0.05, 0.1) is 19.2 Å². The third-order valence-corrected chi connectivity index (χ3v) is 8.50. The van der Waals surface area contributed by atoms with E-state index in [4.69, 9.17) is 0 Å². The average Bonchev–Trinajstić information content (AvgIpc) is 3.21. The minimum atomic E-state index is -4.03. The van der Waals surface area contributed by atoms with E-state index in [1.54, 1.807) is 9.34 Å². The molecule has 0 aliphatic carbocycles. The lowest BCUT2D eigenvalue weighted by atomic mass is 10.1. The zero-order valence-electron chi connectivity index (χ0n) is 17.4. The molecule has 0 radical (unpaired) electrons. The van der Waals surface area contributed by atoms with Gasteiger partial charge in [-0.25, -0.2) is 4.67 Å². The van der Waals surface area contributed by atoms with Gasteiger partial charge in [-0.3, -0.25) is 13.8 Å². The minimum Gasteiger partial charge on any atom is -0.748 e. The molecule has 3 heterocycles. The zero-order valence-corrected chi connectivity index (χ0v) is 18.3. The number of fused-ring (bicyclic) bond motifs is 2. The highest BCUT2D eigenvalue weighted by atomic mass is 31.2. The Morgan fingerprint density at radius 1 is 0.967 bits per heavy atom. The van der Waals surface area contributed by atoms with E-state index >= 15 is 0 Å². The van der Waals surface area contributed by atoms with Gasteiger partial charge >= 0.3 is 0 Å². The lowest BCUT2D eigenvalue weighted by molar-refractivity contribution is -0.489. The molecule has 2 aromatic rings. The molecule has 1 saturated heterocycles. The summed E-state index contributed by atoms with van der Waals surface area (Å²) in [6.07, 6.45) is 3.46. The third kappa shape index (κ3) is 3.15. The number of hydrogen-bond acceptors (Lipinski definition) is 3. The van der Waals surface area contributed by atoms with Gasteiger partial charge in [0, 0.05) is 20.0 Å². The molecule has 7 heteroatoms. The average molecular weight is 422 g/mol. The van der Waals surface area contributed by atoms with Crippen molar-refractivity contribution >= 4 is 13.5 Å². The van der Waals surface area contributed by atoms with E-state index in [9.17, 15) is 9.46 Å². The van der Waals surface area contributed by atoms with Crippen molar-refractivity contribution in [3.05, 3.63) is 83.7 Å². The summed E-state index contributed by atoms with van der Waals surface area (Å²) in [6, 6.07) is 20.1. The maximum absolute atomic E-state index is 13.9. The van der Waals surface area contributed by atoms with Crippen LogP contribution in [0.2, 0.25) is 0 Å². The van der Waals surface area contributed by atoms with E-state index in [1.165, 1.54) is 0 Å². The maximum Gasteiger partial charge on any atom is 0.284 e. The number of nitrogens with zero attached hydrogens (tertiary/aromatic N) is 4. The van der Waals surface area contributed by atoms with Crippen molar-refractivity contribution in [1.82, 2.24) is 14.2 Å². The lowest BCUT2D eigenvalue weighted by Crippen LogP contribution is -2.49. The summed E-state index contributed by atoms with van der Waals surface area (Å²) in [7, 11) is -0.0619. The molecule has 3 aliphatic rings. The van der Waals surface area contributed by atoms with Gasteiger partial charge in [-0.05, 0) is 17.5 Å². The second-order valence-electron chi connectivity index (χ2n) is 8.49. The number of amidine groups is 1. The van der Waals surface area contributed by atoms with Crippen molar-refractivity contribution in [3.63, 3.8) is 0 Å². The molecule has 3 aliphatic heterocycles. The Morgan fingerprint density at radius 3 is 2.13 bits per heavy atom. The molecular formula is C23H27N4O2P. The Morgan fingerprint density at radius 2 is 1.53 bits per heavy atom. The van der Waals surface area contributed by atoms with Crippen molar-refractivity contribution in [2.75, 3.05) is 27.2 Å². The van der Waals surface area contributed by atoms with Crippen LogP contribution in [0.4, 0.5) is 0 Å². The van der Waals surface area contributed by atoms with Crippen molar-refractivity contribution < 1.29 is 14.0 Å². The van der Waals surface area contributed by atoms with E-state index in [-0.39, 0.29) is 12.1 Å². The second-order valence-corrected chi connectivity index (χ2v) is 10.3. The van der Waals surface area contributed by atoms with Gasteiger partial charge in [0.1, 0.15) is 18.4 Å². The second kappa shape index (κ2) is 7.29. The van der Waals surface area contributed by atoms with Crippen LogP contribution in [-0.2, 0) is 17.4 Å². The van der Waals surface area contributed by atoms with E-state index in [0.29, 0.717) is 25.9 Å². The highest BCUT2D eigenvalue weighted by molar-refractivity contribution is 7.52. The molecule has 0 spiro atoms. The number of likely N-dealkylation sites (N-methyl/N-ethyl adjacent to an activating group) is 2. The van der Waals surface area contributed by atoms with Crippen LogP contribution in [0.1, 0.15) is 11.1 Å². The van der Waals surface area contributed by atoms with Crippen molar-refractivity contribution in [1.29, 1.82) is 0 Å². The third-order valence-electron chi connectivity index (χ3n) is 6.34. The van der Waals surface area contributed by atoms with Crippen LogP contribution in [0.5, 0.6) is 0 Å². The van der Waals surface area contributed by atoms with Crippen molar-refractivity contribution in [2.24, 2.45) is 0 Å². The Kier molecular flexibility index (Phi) is 4.72. The predicted octanol–water partition coefficient (Wildman–Crippen LogP) is 2.14. The molecule has 0 saturated carbocycles. The molecule has 0 bridgehead atoms. The fourth-order valence-corrected chi connectivity index (χ4v) is 7.30. The van der Waals surface area contributed by atoms with Gasteiger partial charge < -0.3 is 9.79 Å². The minimum absolute atomic E-state index is 0.100. The van der Waals surface area contributed by atoms with Crippen LogP contribution < -0.4 is 4.89 Å². The fourth-order valence-electron chi connectivity index (χ4n) is 5.02. The molecule has 1 fully saturated rings. The maximum atomic E-state index is 13.9. The fraction of sp³-hybridized carbons (Fsp3) is 0.348. The summed E-state index contributed by atoms with van der Waals surface area (Å²) >= 11 is 0. The van der Waals surface area contributed by atoms with Crippen molar-refractivity contribution in [3.8, 4) is 0 Å². The van der Waals surface area contributed by atoms with E-state index in [1.807, 2.05) is 56.6 Å². The Hall–Kier alpha value is -2.56. The first-order valence-corrected chi connectivity index (χ1v) is 12.0. The summed E-state index contributed by atoms with van der Waals surface area (Å²) < 4.78 is 19.4. The summed E-state index contributed by atoms with van der Waals surface area (Å²) in [5, 5.41) is 0. The molecule has 0 aromatic heterocycles.